The lowest BCUT2D eigenvalue weighted by molar-refractivity contribution is -0.0287. The summed E-state index contributed by atoms with van der Waals surface area (Å²) in [4.78, 5) is 0. The van der Waals surface area contributed by atoms with Crippen molar-refractivity contribution in [1.29, 1.82) is 0 Å². The first-order valence-electron chi connectivity index (χ1n) is 7.42. The molecule has 2 aliphatic rings. The Balaban J connectivity index is 1.68. The normalized spacial score (nSPS) is 28.5. The monoisotopic (exact) mass is 265 g/mol. The van der Waals surface area contributed by atoms with Crippen molar-refractivity contribution in [3.8, 4) is 0 Å². The molecule has 2 nitrogen and oxygen atoms in total. The van der Waals surface area contributed by atoms with Gasteiger partial charge in [-0.1, -0.05) is 54.6 Å². The van der Waals surface area contributed by atoms with Crippen molar-refractivity contribution in [2.75, 3.05) is 6.61 Å². The summed E-state index contributed by atoms with van der Waals surface area (Å²) in [6.45, 7) is 0.748. The molecule has 1 heterocycles. The molecule has 1 fully saturated rings. The lowest BCUT2D eigenvalue weighted by Gasteiger charge is -2.35. The van der Waals surface area contributed by atoms with E-state index in [-0.39, 0.29) is 5.72 Å². The van der Waals surface area contributed by atoms with Crippen molar-refractivity contribution in [2.24, 2.45) is 0 Å². The van der Waals surface area contributed by atoms with E-state index in [4.69, 9.17) is 4.74 Å². The van der Waals surface area contributed by atoms with Gasteiger partial charge in [-0.3, -0.25) is 5.32 Å². The van der Waals surface area contributed by atoms with E-state index in [9.17, 15) is 0 Å². The fourth-order valence-electron chi connectivity index (χ4n) is 3.55. The summed E-state index contributed by atoms with van der Waals surface area (Å²) in [5, 5.41) is 3.76. The quantitative estimate of drug-likeness (QED) is 0.851. The number of hydrogen-bond acceptors (Lipinski definition) is 2. The van der Waals surface area contributed by atoms with Crippen molar-refractivity contribution in [2.45, 2.75) is 31.0 Å². The topological polar surface area (TPSA) is 21.3 Å². The zero-order valence-electron chi connectivity index (χ0n) is 11.5. The predicted octanol–water partition coefficient (Wildman–Crippen LogP) is 3.54. The van der Waals surface area contributed by atoms with Crippen LogP contribution in [0.2, 0.25) is 0 Å². The van der Waals surface area contributed by atoms with Crippen LogP contribution in [0, 0.1) is 0 Å². The first kappa shape index (κ1) is 12.1. The molecular formula is C18H19NO. The van der Waals surface area contributed by atoms with E-state index in [1.54, 1.807) is 0 Å². The Kier molecular flexibility index (Phi) is 2.86. The summed E-state index contributed by atoms with van der Waals surface area (Å²) in [5.74, 6) is 0. The summed E-state index contributed by atoms with van der Waals surface area (Å²) >= 11 is 0. The smallest absolute Gasteiger partial charge is 0.146 e. The molecule has 1 saturated heterocycles. The number of fused-ring (bicyclic) bond motifs is 2. The van der Waals surface area contributed by atoms with Gasteiger partial charge in [-0.2, -0.15) is 0 Å². The van der Waals surface area contributed by atoms with Crippen LogP contribution in [0.3, 0.4) is 0 Å². The summed E-state index contributed by atoms with van der Waals surface area (Å²) < 4.78 is 6.26. The zero-order chi connectivity index (χ0) is 13.4. The van der Waals surface area contributed by atoms with Gasteiger partial charge in [0.05, 0.1) is 12.6 Å². The van der Waals surface area contributed by atoms with E-state index in [0.29, 0.717) is 6.04 Å². The first-order valence-corrected chi connectivity index (χ1v) is 7.42. The third kappa shape index (κ3) is 1.88. The molecule has 2 aromatic rings. The van der Waals surface area contributed by atoms with Gasteiger partial charge in [-0.15, -0.1) is 0 Å². The number of rotatable bonds is 1. The average molecular weight is 265 g/mol. The number of aryl methyl sites for hydroxylation is 1. The fraction of sp³-hybridized carbons (Fsp3) is 0.333. The highest BCUT2D eigenvalue weighted by atomic mass is 16.5. The Hall–Kier alpha value is -1.64. The van der Waals surface area contributed by atoms with E-state index in [1.165, 1.54) is 29.5 Å². The molecule has 0 aromatic heterocycles. The van der Waals surface area contributed by atoms with Crippen LogP contribution in [0.1, 0.15) is 35.6 Å². The summed E-state index contributed by atoms with van der Waals surface area (Å²) in [6, 6.07) is 19.6. The minimum absolute atomic E-state index is 0.269. The van der Waals surface area contributed by atoms with Crippen LogP contribution >= 0.6 is 0 Å². The van der Waals surface area contributed by atoms with Crippen molar-refractivity contribution >= 4 is 0 Å². The van der Waals surface area contributed by atoms with Gasteiger partial charge in [0.25, 0.3) is 0 Å². The maximum atomic E-state index is 6.26. The molecule has 20 heavy (non-hydrogen) atoms. The molecule has 0 radical (unpaired) electrons. The summed E-state index contributed by atoms with van der Waals surface area (Å²) in [6.07, 6.45) is 3.41. The number of benzene rings is 2. The van der Waals surface area contributed by atoms with Crippen LogP contribution < -0.4 is 5.32 Å². The molecule has 2 heteroatoms. The molecule has 1 aliphatic heterocycles. The van der Waals surface area contributed by atoms with Crippen molar-refractivity contribution in [3.63, 3.8) is 0 Å². The van der Waals surface area contributed by atoms with E-state index in [2.05, 4.69) is 59.9 Å². The largest absolute Gasteiger partial charge is 0.354 e. The number of ether oxygens (including phenoxy) is 1. The second-order valence-electron chi connectivity index (χ2n) is 5.76. The molecule has 102 valence electrons. The van der Waals surface area contributed by atoms with Gasteiger partial charge in [-0.05, 0) is 30.4 Å². The van der Waals surface area contributed by atoms with Crippen LogP contribution in [0.15, 0.2) is 54.6 Å². The summed E-state index contributed by atoms with van der Waals surface area (Å²) in [5.41, 5.74) is 3.81. The molecule has 0 bridgehead atoms. The van der Waals surface area contributed by atoms with Crippen LogP contribution in [-0.4, -0.2) is 6.61 Å². The number of hydrogen-bond donors (Lipinski definition) is 1. The maximum Gasteiger partial charge on any atom is 0.146 e. The highest BCUT2D eigenvalue weighted by molar-refractivity contribution is 5.36. The molecule has 4 rings (SSSR count). The highest BCUT2D eigenvalue weighted by Crippen LogP contribution is 2.42. The summed E-state index contributed by atoms with van der Waals surface area (Å²) in [7, 11) is 0. The van der Waals surface area contributed by atoms with E-state index < -0.39 is 0 Å². The third-order valence-electron chi connectivity index (χ3n) is 4.53. The second-order valence-corrected chi connectivity index (χ2v) is 5.76. The van der Waals surface area contributed by atoms with Crippen molar-refractivity contribution in [3.05, 3.63) is 71.3 Å². The Morgan fingerprint density at radius 1 is 1.00 bits per heavy atom. The Labute approximate surface area is 119 Å². The van der Waals surface area contributed by atoms with Crippen LogP contribution in [0.5, 0.6) is 0 Å². The molecule has 1 N–H and O–H groups in total. The van der Waals surface area contributed by atoms with Gasteiger partial charge >= 0.3 is 0 Å². The standard InChI is InChI=1S/C18H19NO/c1-2-8-15(9-3-1)17-13-20-18(19-17)12-6-10-14-7-4-5-11-16(14)18/h1-5,7-9,11,17,19H,6,10,12-13H2/t17-,18?/m0/s1. The average Bonchev–Trinajstić information content (AvgIpc) is 2.94. The highest BCUT2D eigenvalue weighted by Gasteiger charge is 2.44. The second kappa shape index (κ2) is 4.72. The van der Waals surface area contributed by atoms with Gasteiger partial charge in [0.2, 0.25) is 0 Å². The number of nitrogens with one attached hydrogen (secondary N) is 1. The predicted molar refractivity (Wildman–Crippen MR) is 79.3 cm³/mol. The Morgan fingerprint density at radius 3 is 2.70 bits per heavy atom. The first-order chi connectivity index (χ1) is 9.87. The Morgan fingerprint density at radius 2 is 1.80 bits per heavy atom. The molecular weight excluding hydrogens is 246 g/mol. The van der Waals surface area contributed by atoms with E-state index >= 15 is 0 Å². The van der Waals surface area contributed by atoms with Gasteiger partial charge in [0.1, 0.15) is 5.72 Å². The maximum absolute atomic E-state index is 6.26. The van der Waals surface area contributed by atoms with Crippen LogP contribution in [0.4, 0.5) is 0 Å². The van der Waals surface area contributed by atoms with E-state index in [1.807, 2.05) is 0 Å². The van der Waals surface area contributed by atoms with Gasteiger partial charge < -0.3 is 4.74 Å². The minimum atomic E-state index is -0.269. The molecule has 2 atom stereocenters. The third-order valence-corrected chi connectivity index (χ3v) is 4.53. The van der Waals surface area contributed by atoms with Crippen molar-refractivity contribution < 1.29 is 4.74 Å². The van der Waals surface area contributed by atoms with Crippen LogP contribution in [0.25, 0.3) is 0 Å². The molecule has 0 amide bonds. The molecule has 1 aliphatic carbocycles. The van der Waals surface area contributed by atoms with Gasteiger partial charge in [-0.25, -0.2) is 0 Å². The minimum Gasteiger partial charge on any atom is -0.354 e. The molecule has 2 aromatic carbocycles. The fourth-order valence-corrected chi connectivity index (χ4v) is 3.55. The SMILES string of the molecule is c1ccc([C@@H]2COC3(CCCc4ccccc43)N2)cc1. The van der Waals surface area contributed by atoms with Crippen molar-refractivity contribution in [1.82, 2.24) is 5.32 Å². The molecule has 1 spiro atoms. The van der Waals surface area contributed by atoms with E-state index in [0.717, 1.165) is 13.0 Å². The van der Waals surface area contributed by atoms with Gasteiger partial charge in [0, 0.05) is 5.56 Å². The lowest BCUT2D eigenvalue weighted by atomic mass is 9.84. The zero-order valence-corrected chi connectivity index (χ0v) is 11.5. The lowest BCUT2D eigenvalue weighted by Crippen LogP contribution is -2.41. The molecule has 1 unspecified atom stereocenters. The Bertz CT molecular complexity index is 610. The van der Waals surface area contributed by atoms with Gasteiger partial charge in [0.15, 0.2) is 0 Å². The molecule has 0 saturated carbocycles. The van der Waals surface area contributed by atoms with Crippen LogP contribution in [-0.2, 0) is 16.9 Å².